The lowest BCUT2D eigenvalue weighted by molar-refractivity contribution is 0.907. The summed E-state index contributed by atoms with van der Waals surface area (Å²) in [4.78, 5) is 15.0. The zero-order valence-electron chi connectivity index (χ0n) is 13.5. The van der Waals surface area contributed by atoms with E-state index >= 15 is 0 Å². The van der Waals surface area contributed by atoms with Gasteiger partial charge in [0.15, 0.2) is 0 Å². The third-order valence-corrected chi connectivity index (χ3v) is 4.28. The Bertz CT molecular complexity index is 913. The number of rotatable bonds is 3. The molecule has 0 saturated carbocycles. The molecule has 6 nitrogen and oxygen atoms in total. The zero-order chi connectivity index (χ0) is 16.5. The van der Waals surface area contributed by atoms with Gasteiger partial charge in [0, 0.05) is 24.5 Å². The summed E-state index contributed by atoms with van der Waals surface area (Å²) in [6, 6.07) is 11.6. The van der Waals surface area contributed by atoms with Crippen molar-refractivity contribution in [2.24, 2.45) is 0 Å². The molecule has 1 aliphatic heterocycles. The van der Waals surface area contributed by atoms with Gasteiger partial charge in [0.1, 0.15) is 11.5 Å². The topological polar surface area (TPSA) is 80.6 Å². The second kappa shape index (κ2) is 5.85. The van der Waals surface area contributed by atoms with Crippen molar-refractivity contribution in [2.75, 3.05) is 23.3 Å². The van der Waals surface area contributed by atoms with Crippen LogP contribution in [0.25, 0.3) is 11.0 Å². The molecule has 3 heterocycles. The number of nitriles is 1. The van der Waals surface area contributed by atoms with Gasteiger partial charge in [0.05, 0.1) is 17.0 Å². The van der Waals surface area contributed by atoms with Crippen LogP contribution in [0.3, 0.4) is 0 Å². The quantitative estimate of drug-likeness (QED) is 0.772. The first kappa shape index (κ1) is 14.5. The normalized spacial score (nSPS) is 14.1. The average Bonchev–Trinajstić information content (AvgIpc) is 3.24. The maximum absolute atomic E-state index is 8.92. The van der Waals surface area contributed by atoms with Crippen LogP contribution in [0.2, 0.25) is 0 Å². The first-order chi connectivity index (χ1) is 11.7. The Labute approximate surface area is 140 Å². The second-order valence-electron chi connectivity index (χ2n) is 6.10. The molecule has 0 spiro atoms. The van der Waals surface area contributed by atoms with Gasteiger partial charge in [-0.15, -0.1) is 0 Å². The molecule has 2 N–H and O–H groups in total. The standard InChI is InChI=1S/C18H18N6/c1-12-10-15-16(20-12)22-18(24-8-2-3-9-24)23-17(15)21-14-6-4-13(11-19)5-7-14/h4-7,10H,2-3,8-9H2,1H3,(H2,20,21,22,23). The number of aromatic nitrogens is 3. The Hall–Kier alpha value is -3.07. The predicted octanol–water partition coefficient (Wildman–Crippen LogP) is 3.48. The lowest BCUT2D eigenvalue weighted by atomic mass is 10.2. The molecular weight excluding hydrogens is 300 g/mol. The van der Waals surface area contributed by atoms with Gasteiger partial charge in [-0.3, -0.25) is 0 Å². The molecule has 6 heteroatoms. The molecule has 0 amide bonds. The molecule has 4 rings (SSSR count). The van der Waals surface area contributed by atoms with Crippen molar-refractivity contribution in [3.63, 3.8) is 0 Å². The monoisotopic (exact) mass is 318 g/mol. The van der Waals surface area contributed by atoms with E-state index in [0.29, 0.717) is 5.56 Å². The van der Waals surface area contributed by atoms with E-state index < -0.39 is 0 Å². The SMILES string of the molecule is Cc1cc2c(Nc3ccc(C#N)cc3)nc(N3CCCC3)nc2[nH]1. The summed E-state index contributed by atoms with van der Waals surface area (Å²) < 4.78 is 0. The van der Waals surface area contributed by atoms with Crippen LogP contribution in [0, 0.1) is 18.3 Å². The average molecular weight is 318 g/mol. The van der Waals surface area contributed by atoms with Crippen LogP contribution in [-0.4, -0.2) is 28.0 Å². The molecule has 120 valence electrons. The summed E-state index contributed by atoms with van der Waals surface area (Å²) in [7, 11) is 0. The molecule has 1 aromatic carbocycles. The molecule has 0 unspecified atom stereocenters. The van der Waals surface area contributed by atoms with Gasteiger partial charge in [-0.2, -0.15) is 15.2 Å². The van der Waals surface area contributed by atoms with Gasteiger partial charge in [-0.05, 0) is 50.1 Å². The van der Waals surface area contributed by atoms with Crippen LogP contribution in [0.5, 0.6) is 0 Å². The molecule has 0 atom stereocenters. The highest BCUT2D eigenvalue weighted by atomic mass is 15.3. The highest BCUT2D eigenvalue weighted by molar-refractivity contribution is 5.90. The summed E-state index contributed by atoms with van der Waals surface area (Å²) in [5.74, 6) is 1.55. The first-order valence-electron chi connectivity index (χ1n) is 8.12. The molecule has 1 saturated heterocycles. The van der Waals surface area contributed by atoms with Crippen LogP contribution in [0.4, 0.5) is 17.5 Å². The van der Waals surface area contributed by atoms with Gasteiger partial charge >= 0.3 is 0 Å². The van der Waals surface area contributed by atoms with Crippen molar-refractivity contribution >= 4 is 28.5 Å². The molecule has 3 aromatic rings. The van der Waals surface area contributed by atoms with E-state index in [2.05, 4.69) is 32.3 Å². The lowest BCUT2D eigenvalue weighted by Crippen LogP contribution is -2.20. The van der Waals surface area contributed by atoms with E-state index in [1.54, 1.807) is 12.1 Å². The lowest BCUT2D eigenvalue weighted by Gasteiger charge is -2.16. The fraction of sp³-hybridized carbons (Fsp3) is 0.278. The van der Waals surface area contributed by atoms with Crippen LogP contribution < -0.4 is 10.2 Å². The molecule has 2 aromatic heterocycles. The highest BCUT2D eigenvalue weighted by Crippen LogP contribution is 2.28. The van der Waals surface area contributed by atoms with Crippen molar-refractivity contribution < 1.29 is 0 Å². The van der Waals surface area contributed by atoms with Crippen molar-refractivity contribution in [1.29, 1.82) is 5.26 Å². The molecule has 0 radical (unpaired) electrons. The predicted molar refractivity (Wildman–Crippen MR) is 94.5 cm³/mol. The van der Waals surface area contributed by atoms with E-state index in [-0.39, 0.29) is 0 Å². The highest BCUT2D eigenvalue weighted by Gasteiger charge is 2.18. The summed E-state index contributed by atoms with van der Waals surface area (Å²) in [6.45, 7) is 4.02. The number of nitrogens with one attached hydrogen (secondary N) is 2. The van der Waals surface area contributed by atoms with Crippen molar-refractivity contribution in [1.82, 2.24) is 15.0 Å². The summed E-state index contributed by atoms with van der Waals surface area (Å²) in [5.41, 5.74) is 3.45. The van der Waals surface area contributed by atoms with Gasteiger partial charge in [0.2, 0.25) is 5.95 Å². The zero-order valence-corrected chi connectivity index (χ0v) is 13.5. The Morgan fingerprint density at radius 2 is 1.92 bits per heavy atom. The van der Waals surface area contributed by atoms with Crippen molar-refractivity contribution in [3.8, 4) is 6.07 Å². The number of aryl methyl sites for hydroxylation is 1. The van der Waals surface area contributed by atoms with Gasteiger partial charge in [-0.25, -0.2) is 0 Å². The van der Waals surface area contributed by atoms with Crippen molar-refractivity contribution in [2.45, 2.75) is 19.8 Å². The van der Waals surface area contributed by atoms with E-state index in [9.17, 15) is 0 Å². The number of anilines is 3. The number of fused-ring (bicyclic) bond motifs is 1. The van der Waals surface area contributed by atoms with E-state index in [1.165, 1.54) is 12.8 Å². The van der Waals surface area contributed by atoms with Crippen LogP contribution in [0.15, 0.2) is 30.3 Å². The van der Waals surface area contributed by atoms with Gasteiger partial charge in [0.25, 0.3) is 0 Å². The number of aromatic amines is 1. The minimum atomic E-state index is 0.642. The first-order valence-corrected chi connectivity index (χ1v) is 8.12. The summed E-state index contributed by atoms with van der Waals surface area (Å²) in [5, 5.41) is 13.3. The van der Waals surface area contributed by atoms with Gasteiger partial charge in [-0.1, -0.05) is 0 Å². The number of H-pyrrole nitrogens is 1. The Kier molecular flexibility index (Phi) is 3.54. The van der Waals surface area contributed by atoms with E-state index in [0.717, 1.165) is 47.3 Å². The molecule has 1 fully saturated rings. The van der Waals surface area contributed by atoms with Crippen LogP contribution in [-0.2, 0) is 0 Å². The maximum Gasteiger partial charge on any atom is 0.229 e. The molecule has 1 aliphatic rings. The second-order valence-corrected chi connectivity index (χ2v) is 6.10. The molecular formula is C18H18N6. The summed E-state index contributed by atoms with van der Waals surface area (Å²) >= 11 is 0. The number of benzene rings is 1. The Balaban J connectivity index is 1.75. The Morgan fingerprint density at radius 1 is 1.17 bits per heavy atom. The Morgan fingerprint density at radius 3 is 2.62 bits per heavy atom. The summed E-state index contributed by atoms with van der Waals surface area (Å²) in [6.07, 6.45) is 2.37. The fourth-order valence-electron chi connectivity index (χ4n) is 3.05. The third-order valence-electron chi connectivity index (χ3n) is 4.28. The van der Waals surface area contributed by atoms with E-state index in [1.807, 2.05) is 19.1 Å². The molecule has 24 heavy (non-hydrogen) atoms. The van der Waals surface area contributed by atoms with E-state index in [4.69, 9.17) is 10.2 Å². The van der Waals surface area contributed by atoms with Gasteiger partial charge < -0.3 is 15.2 Å². The largest absolute Gasteiger partial charge is 0.343 e. The number of hydrogen-bond donors (Lipinski definition) is 2. The van der Waals surface area contributed by atoms with Crippen molar-refractivity contribution in [3.05, 3.63) is 41.6 Å². The number of hydrogen-bond acceptors (Lipinski definition) is 5. The third kappa shape index (κ3) is 2.65. The molecule has 0 bridgehead atoms. The fourth-order valence-corrected chi connectivity index (χ4v) is 3.05. The van der Waals surface area contributed by atoms with Crippen LogP contribution in [0.1, 0.15) is 24.1 Å². The maximum atomic E-state index is 8.92. The minimum Gasteiger partial charge on any atom is -0.343 e. The van der Waals surface area contributed by atoms with Crippen LogP contribution >= 0.6 is 0 Å². The minimum absolute atomic E-state index is 0.642. The smallest absolute Gasteiger partial charge is 0.229 e. The molecule has 0 aliphatic carbocycles. The number of nitrogens with zero attached hydrogens (tertiary/aromatic N) is 4.